The van der Waals surface area contributed by atoms with Crippen LogP contribution in [0.1, 0.15) is 37.5 Å². The predicted octanol–water partition coefficient (Wildman–Crippen LogP) is -0.545. The van der Waals surface area contributed by atoms with Gasteiger partial charge in [0.05, 0.1) is 0 Å². The molecule has 0 amide bonds. The Kier molecular flexibility index (Phi) is 17.3. The summed E-state index contributed by atoms with van der Waals surface area (Å²) >= 11 is 1.45. The van der Waals surface area contributed by atoms with Crippen LogP contribution in [0.4, 0.5) is 0 Å². The van der Waals surface area contributed by atoms with Crippen LogP contribution in [0.25, 0.3) is 0 Å². The van der Waals surface area contributed by atoms with Crippen LogP contribution in [-0.4, -0.2) is 5.49 Å². The Morgan fingerprint density at radius 2 is 1.55 bits per heavy atom. The van der Waals surface area contributed by atoms with Crippen LogP contribution >= 0.6 is 0 Å². The zero-order valence-corrected chi connectivity index (χ0v) is 21.2. The van der Waals surface area contributed by atoms with E-state index in [1.807, 2.05) is 0 Å². The van der Waals surface area contributed by atoms with E-state index in [4.69, 9.17) is 0 Å². The molecule has 2 rings (SSSR count). The molecule has 1 aliphatic carbocycles. The van der Waals surface area contributed by atoms with Gasteiger partial charge >= 0.3 is 41.6 Å². The van der Waals surface area contributed by atoms with E-state index >= 15 is 0 Å². The van der Waals surface area contributed by atoms with Gasteiger partial charge in [0, 0.05) is 0 Å². The summed E-state index contributed by atoms with van der Waals surface area (Å²) in [6, 6.07) is 4.41. The van der Waals surface area contributed by atoms with Gasteiger partial charge in [0.2, 0.25) is 0 Å². The van der Waals surface area contributed by atoms with Gasteiger partial charge in [-0.05, 0) is 0 Å². The summed E-state index contributed by atoms with van der Waals surface area (Å²) in [6.07, 6.45) is 5.48. The molecule has 0 saturated carbocycles. The third-order valence-electron chi connectivity index (χ3n) is 3.08. The van der Waals surface area contributed by atoms with Gasteiger partial charge in [-0.15, -0.1) is 0 Å². The van der Waals surface area contributed by atoms with E-state index in [0.29, 0.717) is 5.92 Å². The molecule has 22 heavy (non-hydrogen) atoms. The third-order valence-corrected chi connectivity index (χ3v) is 3.08. The molecular weight excluding hydrogens is 494 g/mol. The maximum Gasteiger partial charge on any atom is -0.0632 e. The Bertz CT molecular complexity index is 490. The van der Waals surface area contributed by atoms with Crippen LogP contribution in [-0.2, 0) is 23.0 Å². The van der Waals surface area contributed by atoms with E-state index < -0.39 is 0 Å². The molecule has 0 fully saturated rings. The van der Waals surface area contributed by atoms with Crippen molar-refractivity contribution in [1.29, 1.82) is 0 Å². The SMILES string of the molecule is CC1=[C-]C(C)C(C)=C1.C[Si](C)=[Hf+2].Cc1cc(C)c(C)[cH-]1.[Cl-].[Cl-]. The molecule has 1 unspecified atom stereocenters. The topological polar surface area (TPSA) is 0 Å². The second-order valence-corrected chi connectivity index (χ2v) is 18.6. The Labute approximate surface area is 165 Å². The Hall–Kier alpha value is 0.497. The number of aryl methyl sites for hydroxylation is 3. The van der Waals surface area contributed by atoms with Crippen LogP contribution in [0.5, 0.6) is 0 Å². The maximum absolute atomic E-state index is 3.29. The number of halogens is 2. The van der Waals surface area contributed by atoms with E-state index in [2.05, 4.69) is 78.9 Å². The number of rotatable bonds is 0. The second kappa shape index (κ2) is 13.9. The molecule has 0 nitrogen and oxygen atoms in total. The zero-order valence-electron chi connectivity index (χ0n) is 15.1. The average Bonchev–Trinajstić information content (AvgIpc) is 2.70. The summed E-state index contributed by atoms with van der Waals surface area (Å²) < 4.78 is 0. The van der Waals surface area contributed by atoms with Crippen LogP contribution in [0.3, 0.4) is 0 Å². The largest absolute Gasteiger partial charge is 1.00 e. The van der Waals surface area contributed by atoms with Crippen LogP contribution in [0, 0.1) is 32.8 Å². The van der Waals surface area contributed by atoms with Crippen molar-refractivity contribution in [3.05, 3.63) is 52.1 Å². The van der Waals surface area contributed by atoms with Gasteiger partial charge in [-0.1, -0.05) is 47.5 Å². The third kappa shape index (κ3) is 13.0. The first-order valence-corrected chi connectivity index (χ1v) is 15.0. The molecule has 0 aromatic heterocycles. The summed E-state index contributed by atoms with van der Waals surface area (Å²) in [7, 11) is 0. The summed E-state index contributed by atoms with van der Waals surface area (Å²) in [5, 5.41) is 0. The average molecular weight is 522 g/mol. The summed E-state index contributed by atoms with van der Waals surface area (Å²) in [5.74, 6) is 0.565. The quantitative estimate of drug-likeness (QED) is 0.318. The van der Waals surface area contributed by atoms with E-state index in [1.54, 1.807) is 0 Å². The van der Waals surface area contributed by atoms with Crippen molar-refractivity contribution in [3.63, 3.8) is 0 Å². The van der Waals surface area contributed by atoms with Crippen molar-refractivity contribution in [2.75, 3.05) is 0 Å². The number of hydrogen-bond donors (Lipinski definition) is 0. The Balaban J connectivity index is -0.000000249. The van der Waals surface area contributed by atoms with E-state index in [9.17, 15) is 0 Å². The molecule has 4 heteroatoms. The summed E-state index contributed by atoms with van der Waals surface area (Å²) in [6.45, 7) is 17.5. The molecule has 0 radical (unpaired) electrons. The summed E-state index contributed by atoms with van der Waals surface area (Å²) in [4.78, 5) is 0. The normalized spacial score (nSPS) is 14.9. The Morgan fingerprint density at radius 3 is 1.64 bits per heavy atom. The van der Waals surface area contributed by atoms with Gasteiger partial charge in [0.25, 0.3) is 0 Å². The molecule has 0 heterocycles. The maximum atomic E-state index is 3.29. The van der Waals surface area contributed by atoms with Crippen LogP contribution in [0.15, 0.2) is 29.4 Å². The monoisotopic (exact) mass is 522 g/mol. The van der Waals surface area contributed by atoms with E-state index in [-0.39, 0.29) is 30.3 Å². The molecule has 1 aliphatic rings. The van der Waals surface area contributed by atoms with Crippen molar-refractivity contribution in [3.8, 4) is 0 Å². The van der Waals surface area contributed by atoms with Gasteiger partial charge in [0.1, 0.15) is 0 Å². The standard InChI is InChI=1S/2C8H11.C2H6Si.2ClH.Hf/c2*1-6-4-7(2)8(3)5-6;1-3-2;;;/h4,8H,1-3H3;4-5H,1-3H3;1-2H3;2*1H;/q2*-1;;;;+2/p-2. The van der Waals surface area contributed by atoms with Gasteiger partial charge < -0.3 is 24.8 Å². The fourth-order valence-electron chi connectivity index (χ4n) is 1.92. The van der Waals surface area contributed by atoms with Crippen molar-refractivity contribution in [2.24, 2.45) is 5.92 Å². The Morgan fingerprint density at radius 1 is 1.09 bits per heavy atom. The van der Waals surface area contributed by atoms with Gasteiger partial charge in [-0.2, -0.15) is 28.3 Å². The fourth-order valence-corrected chi connectivity index (χ4v) is 1.92. The minimum atomic E-state index is 0. The minimum absolute atomic E-state index is 0. The molecular formula is C18H28Cl2HfSi-2. The zero-order chi connectivity index (χ0) is 15.9. The molecule has 0 aliphatic heterocycles. The van der Waals surface area contributed by atoms with Crippen molar-refractivity contribution in [2.45, 2.75) is 54.6 Å². The summed E-state index contributed by atoms with van der Waals surface area (Å²) in [5.41, 5.74) is 7.16. The van der Waals surface area contributed by atoms with Crippen molar-refractivity contribution >= 4 is 5.49 Å². The smallest absolute Gasteiger partial charge is 0.0632 e. The first-order valence-electron chi connectivity index (χ1n) is 7.14. The molecule has 0 spiro atoms. The van der Waals surface area contributed by atoms with E-state index in [0.717, 1.165) is 0 Å². The molecule has 124 valence electrons. The molecule has 0 bridgehead atoms. The number of hydrogen-bond acceptors (Lipinski definition) is 0. The minimum Gasteiger partial charge on any atom is -1.00 e. The van der Waals surface area contributed by atoms with Crippen LogP contribution in [0.2, 0.25) is 13.1 Å². The van der Waals surface area contributed by atoms with Crippen molar-refractivity contribution in [1.82, 2.24) is 0 Å². The van der Waals surface area contributed by atoms with E-state index in [1.165, 1.54) is 50.8 Å². The van der Waals surface area contributed by atoms with Crippen molar-refractivity contribution < 1.29 is 47.8 Å². The second-order valence-electron chi connectivity index (χ2n) is 5.84. The predicted molar refractivity (Wildman–Crippen MR) is 89.1 cm³/mol. The molecule has 1 atom stereocenters. The van der Waals surface area contributed by atoms with Gasteiger partial charge in [0.15, 0.2) is 0 Å². The number of allylic oxidation sites excluding steroid dienone is 4. The molecule has 0 saturated heterocycles. The molecule has 1 aromatic carbocycles. The van der Waals surface area contributed by atoms with Gasteiger partial charge in [-0.25, -0.2) is 17.7 Å². The molecule has 0 N–H and O–H groups in total. The first kappa shape index (κ1) is 27.3. The van der Waals surface area contributed by atoms with Gasteiger partial charge in [-0.3, -0.25) is 6.08 Å². The van der Waals surface area contributed by atoms with Crippen LogP contribution < -0.4 is 24.8 Å². The fraction of sp³-hybridized carbons (Fsp3) is 0.500. The molecule has 1 aromatic rings. The first-order chi connectivity index (χ1) is 9.13.